The highest BCUT2D eigenvalue weighted by Crippen LogP contribution is 2.17. The number of carbonyl (C=O) groups excluding carboxylic acids is 2. The zero-order valence-electron chi connectivity index (χ0n) is 10.9. The van der Waals surface area contributed by atoms with Crippen LogP contribution >= 0.6 is 11.3 Å². The van der Waals surface area contributed by atoms with E-state index in [9.17, 15) is 18.4 Å². The maximum absolute atomic E-state index is 13.4. The van der Waals surface area contributed by atoms with Crippen LogP contribution in [0, 0.1) is 11.6 Å². The van der Waals surface area contributed by atoms with Crippen molar-refractivity contribution >= 4 is 28.3 Å². The molecule has 21 heavy (non-hydrogen) atoms. The molecule has 0 aliphatic heterocycles. The van der Waals surface area contributed by atoms with Crippen LogP contribution in [0.2, 0.25) is 0 Å². The molecule has 0 unspecified atom stereocenters. The van der Waals surface area contributed by atoms with Crippen LogP contribution in [0.15, 0.2) is 23.6 Å². The van der Waals surface area contributed by atoms with Crippen molar-refractivity contribution in [1.82, 2.24) is 4.98 Å². The number of amides is 1. The highest BCUT2D eigenvalue weighted by molar-refractivity contribution is 7.13. The van der Waals surface area contributed by atoms with Gasteiger partial charge in [0.1, 0.15) is 18.2 Å². The van der Waals surface area contributed by atoms with Crippen molar-refractivity contribution in [3.63, 3.8) is 0 Å². The Bertz CT molecular complexity index is 688. The van der Waals surface area contributed by atoms with Crippen LogP contribution in [0.3, 0.4) is 0 Å². The van der Waals surface area contributed by atoms with Gasteiger partial charge in [0.2, 0.25) is 5.91 Å². The molecule has 0 aliphatic rings. The van der Waals surface area contributed by atoms with Gasteiger partial charge in [-0.15, -0.1) is 11.3 Å². The summed E-state index contributed by atoms with van der Waals surface area (Å²) in [5.74, 6) is -2.94. The molecule has 0 fully saturated rings. The standard InChI is InChI=1S/C13H10F2N2O3S/c1-7(18)16-13-17-9(6-21-13)5-20-12(19)10-3-2-8(14)4-11(10)15/h2-4,6H,5H2,1H3,(H,16,17,18). The summed E-state index contributed by atoms with van der Waals surface area (Å²) in [5, 5.41) is 4.46. The number of nitrogens with zero attached hydrogens (tertiary/aromatic N) is 1. The number of aromatic nitrogens is 1. The summed E-state index contributed by atoms with van der Waals surface area (Å²) in [6.07, 6.45) is 0. The van der Waals surface area contributed by atoms with E-state index < -0.39 is 17.6 Å². The molecule has 2 rings (SSSR count). The first-order valence-corrected chi connectivity index (χ1v) is 6.68. The molecule has 0 saturated heterocycles. The van der Waals surface area contributed by atoms with E-state index in [0.717, 1.165) is 12.1 Å². The number of nitrogens with one attached hydrogen (secondary N) is 1. The molecule has 1 aromatic heterocycles. The van der Waals surface area contributed by atoms with Gasteiger partial charge >= 0.3 is 5.97 Å². The average molecular weight is 312 g/mol. The van der Waals surface area contributed by atoms with E-state index in [4.69, 9.17) is 4.74 Å². The van der Waals surface area contributed by atoms with Gasteiger partial charge in [-0.05, 0) is 12.1 Å². The Morgan fingerprint density at radius 1 is 1.38 bits per heavy atom. The number of thiazole rings is 1. The third-order valence-electron chi connectivity index (χ3n) is 2.34. The maximum Gasteiger partial charge on any atom is 0.341 e. The summed E-state index contributed by atoms with van der Waals surface area (Å²) in [7, 11) is 0. The van der Waals surface area contributed by atoms with Gasteiger partial charge < -0.3 is 10.1 Å². The highest BCUT2D eigenvalue weighted by Gasteiger charge is 2.14. The van der Waals surface area contributed by atoms with Crippen molar-refractivity contribution in [2.24, 2.45) is 0 Å². The summed E-state index contributed by atoms with van der Waals surface area (Å²) >= 11 is 1.17. The number of esters is 1. The number of rotatable bonds is 4. The zero-order valence-corrected chi connectivity index (χ0v) is 11.7. The molecule has 5 nitrogen and oxygen atoms in total. The highest BCUT2D eigenvalue weighted by atomic mass is 32.1. The normalized spacial score (nSPS) is 10.2. The second-order valence-corrected chi connectivity index (χ2v) is 4.88. The molecule has 1 N–H and O–H groups in total. The van der Waals surface area contributed by atoms with E-state index in [0.29, 0.717) is 16.9 Å². The Hall–Kier alpha value is -2.35. The van der Waals surface area contributed by atoms with Crippen LogP contribution in [0.1, 0.15) is 23.0 Å². The summed E-state index contributed by atoms with van der Waals surface area (Å²) in [6, 6.07) is 2.59. The van der Waals surface area contributed by atoms with E-state index in [2.05, 4.69) is 10.3 Å². The third kappa shape index (κ3) is 4.06. The molecule has 2 aromatic rings. The van der Waals surface area contributed by atoms with Crippen molar-refractivity contribution in [3.8, 4) is 0 Å². The van der Waals surface area contributed by atoms with Gasteiger partial charge in [0.25, 0.3) is 0 Å². The SMILES string of the molecule is CC(=O)Nc1nc(COC(=O)c2ccc(F)cc2F)cs1. The number of benzene rings is 1. The van der Waals surface area contributed by atoms with Crippen molar-refractivity contribution in [2.75, 3.05) is 5.32 Å². The number of carbonyl (C=O) groups is 2. The quantitative estimate of drug-likeness (QED) is 0.881. The fraction of sp³-hybridized carbons (Fsp3) is 0.154. The summed E-state index contributed by atoms with van der Waals surface area (Å²) < 4.78 is 31.0. The topological polar surface area (TPSA) is 68.3 Å². The van der Waals surface area contributed by atoms with Crippen LogP contribution in [0.5, 0.6) is 0 Å². The van der Waals surface area contributed by atoms with Gasteiger partial charge in [-0.3, -0.25) is 4.79 Å². The Kier molecular flexibility index (Phi) is 4.59. The second-order valence-electron chi connectivity index (χ2n) is 4.03. The van der Waals surface area contributed by atoms with Crippen molar-refractivity contribution in [3.05, 3.63) is 46.5 Å². The van der Waals surface area contributed by atoms with Gasteiger partial charge in [0, 0.05) is 18.4 Å². The number of hydrogen-bond acceptors (Lipinski definition) is 5. The molecule has 110 valence electrons. The van der Waals surface area contributed by atoms with E-state index in [1.54, 1.807) is 5.38 Å². The Balaban J connectivity index is 1.97. The van der Waals surface area contributed by atoms with Crippen molar-refractivity contribution in [1.29, 1.82) is 0 Å². The van der Waals surface area contributed by atoms with Gasteiger partial charge in [-0.25, -0.2) is 18.6 Å². The Morgan fingerprint density at radius 3 is 2.81 bits per heavy atom. The Morgan fingerprint density at radius 2 is 2.14 bits per heavy atom. The molecule has 8 heteroatoms. The lowest BCUT2D eigenvalue weighted by molar-refractivity contribution is -0.114. The minimum absolute atomic E-state index is 0.175. The molecule has 0 atom stereocenters. The molecular weight excluding hydrogens is 302 g/mol. The average Bonchev–Trinajstić information content (AvgIpc) is 2.82. The van der Waals surface area contributed by atoms with Crippen LogP contribution in [-0.4, -0.2) is 16.9 Å². The summed E-state index contributed by atoms with van der Waals surface area (Å²) in [5.41, 5.74) is 0.0633. The lowest BCUT2D eigenvalue weighted by atomic mass is 10.2. The molecule has 1 heterocycles. The molecule has 0 radical (unpaired) electrons. The molecule has 1 aromatic carbocycles. The van der Waals surface area contributed by atoms with Gasteiger partial charge in [-0.1, -0.05) is 0 Å². The van der Waals surface area contributed by atoms with E-state index in [1.165, 1.54) is 18.3 Å². The first-order chi connectivity index (χ1) is 9.95. The molecule has 0 saturated carbocycles. The smallest absolute Gasteiger partial charge is 0.341 e. The lowest BCUT2D eigenvalue weighted by Crippen LogP contribution is -2.08. The zero-order chi connectivity index (χ0) is 15.4. The monoisotopic (exact) mass is 312 g/mol. The van der Waals surface area contributed by atoms with Gasteiger partial charge in [0.15, 0.2) is 5.13 Å². The van der Waals surface area contributed by atoms with Crippen molar-refractivity contribution in [2.45, 2.75) is 13.5 Å². The maximum atomic E-state index is 13.4. The van der Waals surface area contributed by atoms with Gasteiger partial charge in [0.05, 0.1) is 11.3 Å². The predicted molar refractivity (Wildman–Crippen MR) is 71.9 cm³/mol. The Labute approximate surface area is 122 Å². The summed E-state index contributed by atoms with van der Waals surface area (Å²) in [4.78, 5) is 26.5. The fourth-order valence-corrected chi connectivity index (χ4v) is 2.19. The van der Waals surface area contributed by atoms with E-state index in [-0.39, 0.29) is 18.1 Å². The summed E-state index contributed by atoms with van der Waals surface area (Å²) in [6.45, 7) is 1.17. The molecule has 0 bridgehead atoms. The lowest BCUT2D eigenvalue weighted by Gasteiger charge is -2.04. The molecular formula is C13H10F2N2O3S. The van der Waals surface area contributed by atoms with Crippen LogP contribution < -0.4 is 5.32 Å². The number of anilines is 1. The minimum atomic E-state index is -0.989. The second kappa shape index (κ2) is 6.40. The molecule has 1 amide bonds. The van der Waals surface area contributed by atoms with Crippen LogP contribution in [0.25, 0.3) is 0 Å². The third-order valence-corrected chi connectivity index (χ3v) is 3.14. The largest absolute Gasteiger partial charge is 0.455 e. The fourth-order valence-electron chi connectivity index (χ4n) is 1.45. The van der Waals surface area contributed by atoms with Gasteiger partial charge in [-0.2, -0.15) is 0 Å². The van der Waals surface area contributed by atoms with Crippen molar-refractivity contribution < 1.29 is 23.1 Å². The predicted octanol–water partition coefficient (Wildman–Crippen LogP) is 2.74. The number of ether oxygens (including phenoxy) is 1. The first kappa shape index (κ1) is 15.0. The van der Waals surface area contributed by atoms with E-state index >= 15 is 0 Å². The van der Waals surface area contributed by atoms with Crippen LogP contribution in [-0.2, 0) is 16.1 Å². The number of halogens is 2. The molecule has 0 aliphatic carbocycles. The van der Waals surface area contributed by atoms with E-state index in [1.807, 2.05) is 0 Å². The van der Waals surface area contributed by atoms with Crippen LogP contribution in [0.4, 0.5) is 13.9 Å². The molecule has 0 spiro atoms. The minimum Gasteiger partial charge on any atom is -0.455 e. The number of hydrogen-bond donors (Lipinski definition) is 1. The first-order valence-electron chi connectivity index (χ1n) is 5.80.